The lowest BCUT2D eigenvalue weighted by molar-refractivity contribution is -0.642. The molecule has 0 aliphatic carbocycles. The van der Waals surface area contributed by atoms with Gasteiger partial charge in [-0.25, -0.2) is 0 Å². The number of hydrogen-bond acceptors (Lipinski definition) is 6. The third-order valence-corrected chi connectivity index (χ3v) is 7.82. The lowest BCUT2D eigenvalue weighted by Gasteiger charge is -2.20. The fourth-order valence-corrected chi connectivity index (χ4v) is 6.06. The summed E-state index contributed by atoms with van der Waals surface area (Å²) in [6, 6.07) is 14.2. The predicted octanol–water partition coefficient (Wildman–Crippen LogP) is 3.92. The van der Waals surface area contributed by atoms with E-state index >= 15 is 0 Å². The van der Waals surface area contributed by atoms with Crippen molar-refractivity contribution >= 4 is 55.2 Å². The van der Waals surface area contributed by atoms with Gasteiger partial charge in [-0.2, -0.15) is 13.0 Å². The van der Waals surface area contributed by atoms with Gasteiger partial charge in [-0.05, 0) is 24.6 Å². The second kappa shape index (κ2) is 7.98. The highest BCUT2D eigenvalue weighted by Crippen LogP contribution is 2.48. The maximum absolute atomic E-state index is 11.2. The van der Waals surface area contributed by atoms with E-state index in [1.807, 2.05) is 37.4 Å². The van der Waals surface area contributed by atoms with Crippen molar-refractivity contribution in [3.8, 4) is 5.75 Å². The number of fused-ring (bicyclic) bond motifs is 2. The number of thioether (sulfide) groups is 1. The van der Waals surface area contributed by atoms with Gasteiger partial charge in [0.15, 0.2) is 0 Å². The summed E-state index contributed by atoms with van der Waals surface area (Å²) in [5.74, 6) is 0.482. The maximum atomic E-state index is 11.2. The average Bonchev–Trinajstić information content (AvgIpc) is 3.18. The fraction of sp³-hybridized carbons (Fsp3) is 0.250. The van der Waals surface area contributed by atoms with Crippen molar-refractivity contribution in [2.75, 3.05) is 24.3 Å². The minimum Gasteiger partial charge on any atom is -0.497 e. The number of nitrogens with zero attached hydrogens (tertiary/aromatic N) is 2. The van der Waals surface area contributed by atoms with E-state index in [2.05, 4.69) is 27.7 Å². The highest BCUT2D eigenvalue weighted by Gasteiger charge is 2.28. The van der Waals surface area contributed by atoms with Gasteiger partial charge in [0.05, 0.1) is 29.7 Å². The maximum Gasteiger partial charge on any atom is 0.265 e. The predicted molar refractivity (Wildman–Crippen MR) is 118 cm³/mol. The molecular weight excluding hydrogens is 428 g/mol. The fourth-order valence-electron chi connectivity index (χ4n) is 3.30. The second-order valence-corrected chi connectivity index (χ2v) is 10.4. The molecule has 0 amide bonds. The van der Waals surface area contributed by atoms with Crippen LogP contribution in [-0.2, 0) is 17.2 Å². The first kappa shape index (κ1) is 20.2. The molecule has 0 unspecified atom stereocenters. The van der Waals surface area contributed by atoms with Crippen LogP contribution in [0.15, 0.2) is 52.4 Å². The number of benzene rings is 2. The summed E-state index contributed by atoms with van der Waals surface area (Å²) >= 11 is 3.36. The van der Waals surface area contributed by atoms with Crippen LogP contribution >= 0.6 is 23.1 Å². The molecule has 1 N–H and O–H groups in total. The average molecular weight is 450 g/mol. The molecule has 4 rings (SSSR count). The number of thiazole rings is 1. The number of rotatable bonds is 6. The lowest BCUT2D eigenvalue weighted by atomic mass is 10.2. The van der Waals surface area contributed by atoms with Gasteiger partial charge in [-0.1, -0.05) is 35.2 Å². The van der Waals surface area contributed by atoms with Crippen molar-refractivity contribution in [2.45, 2.75) is 11.3 Å². The van der Waals surface area contributed by atoms with E-state index in [0.29, 0.717) is 13.0 Å². The van der Waals surface area contributed by atoms with Gasteiger partial charge in [0.2, 0.25) is 5.52 Å². The van der Waals surface area contributed by atoms with Gasteiger partial charge in [0.1, 0.15) is 17.5 Å². The molecule has 0 bridgehead atoms. The number of methoxy groups -OCH3 is 1. The molecule has 1 aliphatic heterocycles. The van der Waals surface area contributed by atoms with Crippen LogP contribution in [0.1, 0.15) is 11.4 Å². The Labute approximate surface area is 178 Å². The molecule has 29 heavy (non-hydrogen) atoms. The minimum absolute atomic E-state index is 0.266. The van der Waals surface area contributed by atoms with Crippen LogP contribution in [0.25, 0.3) is 16.3 Å². The van der Waals surface area contributed by atoms with E-state index in [1.54, 1.807) is 30.2 Å². The highest BCUT2D eigenvalue weighted by atomic mass is 32.2. The first-order valence-corrected chi connectivity index (χ1v) is 12.3. The van der Waals surface area contributed by atoms with Crippen molar-refractivity contribution in [1.82, 2.24) is 0 Å². The zero-order chi connectivity index (χ0) is 20.6. The van der Waals surface area contributed by atoms with Crippen LogP contribution < -0.4 is 14.2 Å². The summed E-state index contributed by atoms with van der Waals surface area (Å²) in [6.07, 6.45) is 2.46. The molecule has 2 aromatic carbocycles. The summed E-state index contributed by atoms with van der Waals surface area (Å²) in [5.41, 5.74) is 2.16. The highest BCUT2D eigenvalue weighted by molar-refractivity contribution is 8.03. The number of anilines is 1. The number of aryl methyl sites for hydroxylation is 1. The van der Waals surface area contributed by atoms with Crippen LogP contribution in [0.4, 0.5) is 5.69 Å². The lowest BCUT2D eigenvalue weighted by Crippen LogP contribution is -2.29. The molecule has 0 fully saturated rings. The summed E-state index contributed by atoms with van der Waals surface area (Å²) in [5, 5.41) is 2.12. The largest absolute Gasteiger partial charge is 0.497 e. The monoisotopic (exact) mass is 449 g/mol. The molecule has 6 nitrogen and oxygen atoms in total. The smallest absolute Gasteiger partial charge is 0.265 e. The number of para-hydroxylation sites is 1. The quantitative estimate of drug-likeness (QED) is 0.454. The molecule has 0 radical (unpaired) electrons. The minimum atomic E-state index is -3.99. The zero-order valence-corrected chi connectivity index (χ0v) is 18.5. The number of hydrogen-bond donors (Lipinski definition) is 1. The number of ether oxygens (including phenoxy) is 1. The van der Waals surface area contributed by atoms with E-state index in [4.69, 9.17) is 9.29 Å². The molecule has 0 saturated carbocycles. The third-order valence-electron chi connectivity index (χ3n) is 4.74. The topological polar surface area (TPSA) is 70.7 Å². The zero-order valence-electron chi connectivity index (χ0n) is 16.0. The second-order valence-electron chi connectivity index (χ2n) is 6.68. The Morgan fingerprint density at radius 2 is 2.03 bits per heavy atom. The van der Waals surface area contributed by atoms with Crippen molar-refractivity contribution in [1.29, 1.82) is 0 Å². The van der Waals surface area contributed by atoms with E-state index in [0.717, 1.165) is 26.4 Å². The van der Waals surface area contributed by atoms with Crippen LogP contribution in [0, 0.1) is 0 Å². The van der Waals surface area contributed by atoms with Gasteiger partial charge < -0.3 is 9.64 Å². The molecular formula is C20H21N2O4S3+. The molecule has 0 atom stereocenters. The summed E-state index contributed by atoms with van der Waals surface area (Å²) < 4.78 is 40.2. The normalized spacial score (nSPS) is 15.3. The number of aromatic nitrogens is 1. The molecule has 2 heterocycles. The Kier molecular flexibility index (Phi) is 5.56. The molecule has 0 saturated heterocycles. The Hall–Kier alpha value is -2.07. The Bertz CT molecular complexity index is 1200. The van der Waals surface area contributed by atoms with E-state index in [-0.39, 0.29) is 5.75 Å². The van der Waals surface area contributed by atoms with Crippen molar-refractivity contribution in [2.24, 2.45) is 7.05 Å². The Morgan fingerprint density at radius 3 is 2.76 bits per heavy atom. The first-order valence-electron chi connectivity index (χ1n) is 9.03. The first-order chi connectivity index (χ1) is 13.9. The van der Waals surface area contributed by atoms with Gasteiger partial charge in [-0.15, -0.1) is 0 Å². The van der Waals surface area contributed by atoms with Crippen LogP contribution in [0.2, 0.25) is 0 Å². The molecule has 152 valence electrons. The van der Waals surface area contributed by atoms with Crippen molar-refractivity contribution < 1.29 is 22.3 Å². The SMILES string of the molecule is COc1ccc2c(c1)N(CCCS(=O)(=O)O)/C(=C\c1sc3ccccc3[n+]1C)S2. The Balaban J connectivity index is 1.71. The van der Waals surface area contributed by atoms with Gasteiger partial charge in [-0.3, -0.25) is 4.55 Å². The van der Waals surface area contributed by atoms with Gasteiger partial charge >= 0.3 is 0 Å². The molecule has 1 aromatic heterocycles. The molecule has 9 heteroatoms. The van der Waals surface area contributed by atoms with Gasteiger partial charge in [0, 0.05) is 23.6 Å². The van der Waals surface area contributed by atoms with Crippen LogP contribution in [0.3, 0.4) is 0 Å². The third kappa shape index (κ3) is 4.28. The van der Waals surface area contributed by atoms with E-state index < -0.39 is 10.1 Å². The van der Waals surface area contributed by atoms with Gasteiger partial charge in [0.25, 0.3) is 15.1 Å². The Morgan fingerprint density at radius 1 is 1.24 bits per heavy atom. The van der Waals surface area contributed by atoms with E-state index in [1.165, 1.54) is 10.2 Å². The molecule has 3 aromatic rings. The summed E-state index contributed by atoms with van der Waals surface area (Å²) in [6.45, 7) is 0.480. The molecule has 1 aliphatic rings. The van der Waals surface area contributed by atoms with Crippen molar-refractivity contribution in [3.63, 3.8) is 0 Å². The standard InChI is InChI=1S/C20H20N2O4S3/c1-21-15-6-3-4-7-17(15)27-19(21)13-20-22(10-5-11-29(23,24)25)16-12-14(26-2)8-9-18(16)28-20/h3-4,6-9,12-13H,5,10-11H2,1-2H3/p+1. The van der Waals surface area contributed by atoms with Crippen LogP contribution in [-0.4, -0.2) is 32.4 Å². The van der Waals surface area contributed by atoms with Crippen molar-refractivity contribution in [3.05, 3.63) is 52.5 Å². The summed E-state index contributed by atoms with van der Waals surface area (Å²) in [4.78, 5) is 3.19. The van der Waals surface area contributed by atoms with E-state index in [9.17, 15) is 8.42 Å². The van der Waals surface area contributed by atoms with Crippen LogP contribution in [0.5, 0.6) is 5.75 Å². The summed E-state index contributed by atoms with van der Waals surface area (Å²) in [7, 11) is -0.315. The molecule has 0 spiro atoms.